The van der Waals surface area contributed by atoms with Crippen LogP contribution in [-0.4, -0.2) is 47.0 Å². The molecule has 1 fully saturated rings. The Balaban J connectivity index is 1.96. The molecule has 0 aromatic carbocycles. The van der Waals surface area contributed by atoms with Crippen molar-refractivity contribution in [3.63, 3.8) is 0 Å². The number of piperazine rings is 1. The fourth-order valence-corrected chi connectivity index (χ4v) is 2.39. The Morgan fingerprint density at radius 1 is 1.33 bits per heavy atom. The minimum atomic E-state index is 0.236. The molecule has 0 bridgehead atoms. The minimum Gasteiger partial charge on any atom is -0.339 e. The van der Waals surface area contributed by atoms with Gasteiger partial charge in [-0.05, 0) is 19.4 Å². The number of nitrogens with zero attached hydrogens (tertiary/aromatic N) is 5. The number of hydrogen-bond donors (Lipinski definition) is 0. The predicted octanol–water partition coefficient (Wildman–Crippen LogP) is 1.50. The predicted molar refractivity (Wildman–Crippen MR) is 79.8 cm³/mol. The van der Waals surface area contributed by atoms with Crippen molar-refractivity contribution in [2.45, 2.75) is 33.1 Å². The molecule has 0 spiro atoms. The summed E-state index contributed by atoms with van der Waals surface area (Å²) in [5.41, 5.74) is 1.18. The van der Waals surface area contributed by atoms with Crippen molar-refractivity contribution >= 4 is 11.9 Å². The summed E-state index contributed by atoms with van der Waals surface area (Å²) < 4.78 is 0. The quantitative estimate of drug-likeness (QED) is 0.839. The van der Waals surface area contributed by atoms with Gasteiger partial charge in [-0.3, -0.25) is 4.79 Å². The van der Waals surface area contributed by atoms with E-state index in [0.29, 0.717) is 44.2 Å². The number of nitriles is 1. The summed E-state index contributed by atoms with van der Waals surface area (Å²) >= 11 is 0. The molecule has 1 aromatic heterocycles. The number of anilines is 1. The van der Waals surface area contributed by atoms with Crippen LogP contribution in [-0.2, 0) is 4.79 Å². The maximum atomic E-state index is 12.0. The molecule has 0 aliphatic carbocycles. The Morgan fingerprint density at radius 2 is 2.05 bits per heavy atom. The number of hydrogen-bond acceptors (Lipinski definition) is 5. The zero-order valence-corrected chi connectivity index (χ0v) is 12.7. The summed E-state index contributed by atoms with van der Waals surface area (Å²) in [7, 11) is 0. The second-order valence-corrected chi connectivity index (χ2v) is 5.28. The summed E-state index contributed by atoms with van der Waals surface area (Å²) in [6.45, 7) is 6.77. The summed E-state index contributed by atoms with van der Waals surface area (Å²) in [5, 5.41) is 8.97. The Kier molecular flexibility index (Phi) is 5.09. The van der Waals surface area contributed by atoms with Crippen LogP contribution in [0.15, 0.2) is 6.07 Å². The number of aromatic nitrogens is 2. The Labute approximate surface area is 125 Å². The van der Waals surface area contributed by atoms with Gasteiger partial charge >= 0.3 is 0 Å². The molecule has 21 heavy (non-hydrogen) atoms. The highest BCUT2D eigenvalue weighted by Gasteiger charge is 2.22. The maximum absolute atomic E-state index is 12.0. The Bertz CT molecular complexity index is 543. The van der Waals surface area contributed by atoms with Crippen molar-refractivity contribution in [1.82, 2.24) is 14.9 Å². The van der Waals surface area contributed by atoms with Gasteiger partial charge in [0.1, 0.15) is 11.8 Å². The van der Waals surface area contributed by atoms with Gasteiger partial charge in [0.2, 0.25) is 11.9 Å². The average Bonchev–Trinajstić information content (AvgIpc) is 2.52. The fraction of sp³-hybridized carbons (Fsp3) is 0.600. The third-order valence-electron chi connectivity index (χ3n) is 3.62. The van der Waals surface area contributed by atoms with Crippen LogP contribution >= 0.6 is 0 Å². The van der Waals surface area contributed by atoms with Crippen LogP contribution in [0.4, 0.5) is 5.95 Å². The van der Waals surface area contributed by atoms with Crippen LogP contribution in [0.25, 0.3) is 0 Å². The topological polar surface area (TPSA) is 73.1 Å². The van der Waals surface area contributed by atoms with E-state index in [4.69, 9.17) is 5.26 Å². The van der Waals surface area contributed by atoms with E-state index in [1.807, 2.05) is 16.7 Å². The molecule has 1 aliphatic heterocycles. The van der Waals surface area contributed by atoms with Crippen molar-refractivity contribution in [3.8, 4) is 6.07 Å². The number of rotatable bonds is 4. The molecule has 1 amide bonds. The van der Waals surface area contributed by atoms with Gasteiger partial charge in [-0.1, -0.05) is 13.3 Å². The first-order valence-electron chi connectivity index (χ1n) is 7.42. The van der Waals surface area contributed by atoms with Gasteiger partial charge in [0, 0.05) is 38.3 Å². The first-order chi connectivity index (χ1) is 10.1. The number of unbranched alkanes of at least 4 members (excludes halogenated alkanes) is 1. The van der Waals surface area contributed by atoms with Crippen molar-refractivity contribution in [2.75, 3.05) is 31.1 Å². The number of carbonyl (C=O) groups excluding carboxylic acids is 1. The average molecular weight is 287 g/mol. The molecule has 112 valence electrons. The zero-order chi connectivity index (χ0) is 15.2. The lowest BCUT2D eigenvalue weighted by atomic mass is 10.2. The SMILES string of the molecule is CCCCC(=O)N1CCN(c2nc(C)cc(C#N)n2)CC1. The van der Waals surface area contributed by atoms with Crippen molar-refractivity contribution in [1.29, 1.82) is 5.26 Å². The van der Waals surface area contributed by atoms with Crippen LogP contribution < -0.4 is 4.90 Å². The summed E-state index contributed by atoms with van der Waals surface area (Å²) in [4.78, 5) is 24.6. The third kappa shape index (κ3) is 3.91. The van der Waals surface area contributed by atoms with Gasteiger partial charge in [-0.2, -0.15) is 5.26 Å². The van der Waals surface area contributed by atoms with Crippen LogP contribution in [0.5, 0.6) is 0 Å². The second-order valence-electron chi connectivity index (χ2n) is 5.28. The zero-order valence-electron chi connectivity index (χ0n) is 12.7. The van der Waals surface area contributed by atoms with Gasteiger partial charge in [-0.25, -0.2) is 9.97 Å². The molecule has 6 heteroatoms. The van der Waals surface area contributed by atoms with Gasteiger partial charge in [0.15, 0.2) is 0 Å². The number of aryl methyl sites for hydroxylation is 1. The normalized spacial score (nSPS) is 14.9. The standard InChI is InChI=1S/C15H21N5O/c1-3-4-5-14(21)19-6-8-20(9-7-19)15-17-12(2)10-13(11-16)18-15/h10H,3-9H2,1-2H3. The van der Waals surface area contributed by atoms with Crippen LogP contribution in [0.2, 0.25) is 0 Å². The molecule has 1 aromatic rings. The summed E-state index contributed by atoms with van der Waals surface area (Å²) in [6.07, 6.45) is 2.63. The Morgan fingerprint density at radius 3 is 2.67 bits per heavy atom. The molecule has 2 rings (SSSR count). The molecule has 0 saturated carbocycles. The molecule has 2 heterocycles. The van der Waals surface area contributed by atoms with E-state index >= 15 is 0 Å². The fourth-order valence-electron chi connectivity index (χ4n) is 2.39. The van der Waals surface area contributed by atoms with Crippen LogP contribution in [0, 0.1) is 18.3 Å². The van der Waals surface area contributed by atoms with E-state index in [1.165, 1.54) is 0 Å². The van der Waals surface area contributed by atoms with Crippen molar-refractivity contribution < 1.29 is 4.79 Å². The van der Waals surface area contributed by atoms with E-state index in [-0.39, 0.29) is 5.91 Å². The van der Waals surface area contributed by atoms with E-state index in [2.05, 4.69) is 23.0 Å². The molecule has 1 saturated heterocycles. The first-order valence-corrected chi connectivity index (χ1v) is 7.42. The lowest BCUT2D eigenvalue weighted by Crippen LogP contribution is -2.49. The van der Waals surface area contributed by atoms with Gasteiger partial charge in [0.25, 0.3) is 0 Å². The van der Waals surface area contributed by atoms with Crippen molar-refractivity contribution in [2.24, 2.45) is 0 Å². The van der Waals surface area contributed by atoms with Crippen LogP contribution in [0.1, 0.15) is 37.6 Å². The Hall–Kier alpha value is -2.16. The monoisotopic (exact) mass is 287 g/mol. The molecule has 0 unspecified atom stereocenters. The lowest BCUT2D eigenvalue weighted by Gasteiger charge is -2.34. The van der Waals surface area contributed by atoms with E-state index in [0.717, 1.165) is 18.5 Å². The smallest absolute Gasteiger partial charge is 0.226 e. The van der Waals surface area contributed by atoms with E-state index in [1.54, 1.807) is 6.07 Å². The first kappa shape index (κ1) is 15.2. The van der Waals surface area contributed by atoms with E-state index in [9.17, 15) is 4.79 Å². The van der Waals surface area contributed by atoms with Gasteiger partial charge in [0.05, 0.1) is 0 Å². The molecular weight excluding hydrogens is 266 g/mol. The van der Waals surface area contributed by atoms with Crippen molar-refractivity contribution in [3.05, 3.63) is 17.5 Å². The third-order valence-corrected chi connectivity index (χ3v) is 3.62. The van der Waals surface area contributed by atoms with Gasteiger partial charge in [-0.15, -0.1) is 0 Å². The minimum absolute atomic E-state index is 0.236. The lowest BCUT2D eigenvalue weighted by molar-refractivity contribution is -0.131. The number of carbonyl (C=O) groups is 1. The molecule has 1 aliphatic rings. The molecular formula is C15H21N5O. The molecule has 0 radical (unpaired) electrons. The number of amides is 1. The highest BCUT2D eigenvalue weighted by Crippen LogP contribution is 2.14. The highest BCUT2D eigenvalue weighted by molar-refractivity contribution is 5.76. The largest absolute Gasteiger partial charge is 0.339 e. The highest BCUT2D eigenvalue weighted by atomic mass is 16.2. The maximum Gasteiger partial charge on any atom is 0.226 e. The second kappa shape index (κ2) is 7.02. The van der Waals surface area contributed by atoms with E-state index < -0.39 is 0 Å². The molecule has 0 N–H and O–H groups in total. The summed E-state index contributed by atoms with van der Waals surface area (Å²) in [6, 6.07) is 3.73. The molecule has 6 nitrogen and oxygen atoms in total. The summed E-state index contributed by atoms with van der Waals surface area (Å²) in [5.74, 6) is 0.826. The van der Waals surface area contributed by atoms with Gasteiger partial charge < -0.3 is 9.80 Å². The molecule has 0 atom stereocenters. The van der Waals surface area contributed by atoms with Crippen LogP contribution in [0.3, 0.4) is 0 Å².